The van der Waals surface area contributed by atoms with Crippen LogP contribution in [0.2, 0.25) is 0 Å². The number of hydrogen-bond acceptors (Lipinski definition) is 3. The van der Waals surface area contributed by atoms with E-state index in [9.17, 15) is 9.18 Å². The number of carbonyl (C=O) groups is 1. The van der Waals surface area contributed by atoms with Gasteiger partial charge >= 0.3 is 5.97 Å². The molecule has 0 aliphatic rings. The molecule has 0 spiro atoms. The first kappa shape index (κ1) is 12.4. The molecule has 1 aromatic heterocycles. The summed E-state index contributed by atoms with van der Waals surface area (Å²) < 4.78 is 13.5. The van der Waals surface area contributed by atoms with E-state index in [4.69, 9.17) is 5.11 Å². The van der Waals surface area contributed by atoms with Crippen molar-refractivity contribution in [3.8, 4) is 0 Å². The lowest BCUT2D eigenvalue weighted by Gasteiger charge is -2.07. The fourth-order valence-corrected chi connectivity index (χ4v) is 1.76. The number of benzene rings is 1. The summed E-state index contributed by atoms with van der Waals surface area (Å²) in [4.78, 5) is 14.5. The van der Waals surface area contributed by atoms with Crippen molar-refractivity contribution in [1.82, 2.24) is 10.3 Å². The molecule has 0 radical (unpaired) electrons. The number of pyridine rings is 1. The summed E-state index contributed by atoms with van der Waals surface area (Å²) in [6.07, 6.45) is 1.68. The van der Waals surface area contributed by atoms with E-state index in [1.54, 1.807) is 24.4 Å². The molecule has 5 heteroatoms. The number of carboxylic acids is 1. The molecule has 0 unspecified atom stereocenters. The van der Waals surface area contributed by atoms with Gasteiger partial charge in [0.05, 0.1) is 11.9 Å². The molecule has 2 N–H and O–H groups in total. The highest BCUT2D eigenvalue weighted by molar-refractivity contribution is 5.82. The fourth-order valence-electron chi connectivity index (χ4n) is 1.76. The van der Waals surface area contributed by atoms with Gasteiger partial charge in [0.1, 0.15) is 5.82 Å². The Labute approximate surface area is 103 Å². The second-order valence-electron chi connectivity index (χ2n) is 3.93. The molecule has 2 aromatic rings. The number of aromatic nitrogens is 1. The Kier molecular flexibility index (Phi) is 3.84. The van der Waals surface area contributed by atoms with Gasteiger partial charge in [0.15, 0.2) is 0 Å². The Morgan fingerprint density at radius 1 is 1.39 bits per heavy atom. The first-order valence-electron chi connectivity index (χ1n) is 5.63. The minimum Gasteiger partial charge on any atom is -0.481 e. The highest BCUT2D eigenvalue weighted by atomic mass is 19.1. The molecule has 0 fully saturated rings. The molecule has 94 valence electrons. The topological polar surface area (TPSA) is 62.2 Å². The predicted molar refractivity (Wildman–Crippen MR) is 65.7 cm³/mol. The lowest BCUT2D eigenvalue weighted by Crippen LogP contribution is -2.17. The number of aliphatic carboxylic acids is 1. The maximum absolute atomic E-state index is 13.5. The quantitative estimate of drug-likeness (QED) is 0.794. The van der Waals surface area contributed by atoms with Gasteiger partial charge in [0, 0.05) is 24.7 Å². The Bertz CT molecular complexity index is 572. The monoisotopic (exact) mass is 248 g/mol. The second kappa shape index (κ2) is 5.55. The summed E-state index contributed by atoms with van der Waals surface area (Å²) in [5.41, 5.74) is 1.47. The number of fused-ring (bicyclic) bond motifs is 1. The molecule has 0 amide bonds. The molecular weight excluding hydrogens is 235 g/mol. The van der Waals surface area contributed by atoms with Gasteiger partial charge in [-0.25, -0.2) is 4.39 Å². The molecule has 18 heavy (non-hydrogen) atoms. The molecule has 0 bridgehead atoms. The van der Waals surface area contributed by atoms with Gasteiger partial charge in [-0.05, 0) is 23.8 Å². The molecular formula is C13H13FN2O2. The largest absolute Gasteiger partial charge is 0.481 e. The molecule has 0 aliphatic carbocycles. The summed E-state index contributed by atoms with van der Waals surface area (Å²) in [5.74, 6) is -1.14. The van der Waals surface area contributed by atoms with Gasteiger partial charge in [-0.3, -0.25) is 9.78 Å². The molecule has 1 heterocycles. The summed E-state index contributed by atoms with van der Waals surface area (Å²) in [5, 5.41) is 12.0. The predicted octanol–water partition coefficient (Wildman–Crippen LogP) is 1.94. The summed E-state index contributed by atoms with van der Waals surface area (Å²) >= 11 is 0. The summed E-state index contributed by atoms with van der Waals surface area (Å²) in [6.45, 7) is 0.849. The average molecular weight is 248 g/mol. The zero-order valence-corrected chi connectivity index (χ0v) is 9.69. The van der Waals surface area contributed by atoms with Crippen LogP contribution in [0.5, 0.6) is 0 Å². The van der Waals surface area contributed by atoms with E-state index in [1.807, 2.05) is 0 Å². The molecule has 2 rings (SSSR count). The van der Waals surface area contributed by atoms with Crippen LogP contribution in [0.1, 0.15) is 12.0 Å². The van der Waals surface area contributed by atoms with Crippen molar-refractivity contribution in [2.75, 3.05) is 6.54 Å². The van der Waals surface area contributed by atoms with E-state index >= 15 is 0 Å². The van der Waals surface area contributed by atoms with Crippen LogP contribution in [0.25, 0.3) is 10.9 Å². The maximum Gasteiger partial charge on any atom is 0.304 e. The molecule has 0 saturated carbocycles. The van der Waals surface area contributed by atoms with Crippen molar-refractivity contribution in [1.29, 1.82) is 0 Å². The zero-order chi connectivity index (χ0) is 13.0. The molecule has 0 saturated heterocycles. The number of carboxylic acid groups (broad SMARTS) is 1. The van der Waals surface area contributed by atoms with Crippen LogP contribution in [0, 0.1) is 5.82 Å². The van der Waals surface area contributed by atoms with Gasteiger partial charge in [-0.15, -0.1) is 0 Å². The highest BCUT2D eigenvalue weighted by Crippen LogP contribution is 2.19. The van der Waals surface area contributed by atoms with E-state index in [0.717, 1.165) is 5.56 Å². The highest BCUT2D eigenvalue weighted by Gasteiger charge is 2.06. The van der Waals surface area contributed by atoms with Crippen molar-refractivity contribution >= 4 is 16.9 Å². The number of nitrogens with one attached hydrogen (secondary N) is 1. The number of rotatable bonds is 5. The first-order valence-corrected chi connectivity index (χ1v) is 5.63. The minimum absolute atomic E-state index is 0.0621. The van der Waals surface area contributed by atoms with Crippen molar-refractivity contribution in [3.63, 3.8) is 0 Å². The van der Waals surface area contributed by atoms with Gasteiger partial charge < -0.3 is 10.4 Å². The van der Waals surface area contributed by atoms with Crippen LogP contribution in [-0.4, -0.2) is 22.6 Å². The van der Waals surface area contributed by atoms with Crippen molar-refractivity contribution in [3.05, 3.63) is 41.8 Å². The van der Waals surface area contributed by atoms with Crippen LogP contribution in [0.15, 0.2) is 30.5 Å². The normalized spacial score (nSPS) is 10.7. The maximum atomic E-state index is 13.5. The van der Waals surface area contributed by atoms with Crippen LogP contribution in [0.4, 0.5) is 4.39 Å². The summed E-state index contributed by atoms with van der Waals surface area (Å²) in [6, 6.07) is 6.43. The summed E-state index contributed by atoms with van der Waals surface area (Å²) in [7, 11) is 0. The lowest BCUT2D eigenvalue weighted by molar-refractivity contribution is -0.136. The van der Waals surface area contributed by atoms with Gasteiger partial charge in [-0.2, -0.15) is 0 Å². The van der Waals surface area contributed by atoms with Gasteiger partial charge in [0.25, 0.3) is 0 Å². The zero-order valence-electron chi connectivity index (χ0n) is 9.69. The minimum atomic E-state index is -0.843. The molecule has 4 nitrogen and oxygen atoms in total. The average Bonchev–Trinajstić information content (AvgIpc) is 2.37. The standard InChI is InChI=1S/C13H13FN2O2/c14-11-4-3-9(8-15-7-5-12(17)18)13-10(11)2-1-6-16-13/h1-4,6,15H,5,7-8H2,(H,17,18). The molecule has 1 aromatic carbocycles. The lowest BCUT2D eigenvalue weighted by atomic mass is 10.1. The van der Waals surface area contributed by atoms with Crippen molar-refractivity contribution in [2.24, 2.45) is 0 Å². The second-order valence-corrected chi connectivity index (χ2v) is 3.93. The Morgan fingerprint density at radius 2 is 2.22 bits per heavy atom. The molecule has 0 aliphatic heterocycles. The first-order chi connectivity index (χ1) is 8.68. The van der Waals surface area contributed by atoms with Gasteiger partial charge in [-0.1, -0.05) is 6.07 Å². The number of hydrogen-bond donors (Lipinski definition) is 2. The van der Waals surface area contributed by atoms with E-state index in [0.29, 0.717) is 24.0 Å². The third kappa shape index (κ3) is 2.81. The third-order valence-corrected chi connectivity index (χ3v) is 2.63. The van der Waals surface area contributed by atoms with Crippen LogP contribution in [-0.2, 0) is 11.3 Å². The van der Waals surface area contributed by atoms with Crippen molar-refractivity contribution < 1.29 is 14.3 Å². The van der Waals surface area contributed by atoms with Gasteiger partial charge in [0.2, 0.25) is 0 Å². The van der Waals surface area contributed by atoms with Crippen LogP contribution >= 0.6 is 0 Å². The van der Waals surface area contributed by atoms with E-state index in [2.05, 4.69) is 10.3 Å². The van der Waals surface area contributed by atoms with Crippen LogP contribution < -0.4 is 5.32 Å². The van der Waals surface area contributed by atoms with Crippen molar-refractivity contribution in [2.45, 2.75) is 13.0 Å². The van der Waals surface area contributed by atoms with Crippen LogP contribution in [0.3, 0.4) is 0 Å². The van der Waals surface area contributed by atoms with E-state index in [1.165, 1.54) is 6.07 Å². The molecule has 0 atom stereocenters. The third-order valence-electron chi connectivity index (χ3n) is 2.63. The van der Waals surface area contributed by atoms with E-state index < -0.39 is 5.97 Å². The number of nitrogens with zero attached hydrogens (tertiary/aromatic N) is 1. The Balaban J connectivity index is 2.14. The van der Waals surface area contributed by atoms with E-state index in [-0.39, 0.29) is 12.2 Å². The Morgan fingerprint density at radius 3 is 3.00 bits per heavy atom. The smallest absolute Gasteiger partial charge is 0.304 e. The fraction of sp³-hybridized carbons (Fsp3) is 0.231. The number of halogens is 1. The SMILES string of the molecule is O=C(O)CCNCc1ccc(F)c2cccnc12. The Hall–Kier alpha value is -2.01.